The van der Waals surface area contributed by atoms with Crippen LogP contribution in [-0.4, -0.2) is 41.2 Å². The number of likely N-dealkylation sites (tertiary alicyclic amines) is 1. The molecule has 1 unspecified atom stereocenters. The van der Waals surface area contributed by atoms with Crippen LogP contribution >= 0.6 is 0 Å². The number of aromatic nitrogens is 1. The molecule has 4 nitrogen and oxygen atoms in total. The number of rotatable bonds is 4. The number of nitrogens with zero attached hydrogens (tertiary/aromatic N) is 2. The maximum Gasteiger partial charge on any atom is 0.0564 e. The van der Waals surface area contributed by atoms with E-state index in [4.69, 9.17) is 0 Å². The number of anilines is 1. The summed E-state index contributed by atoms with van der Waals surface area (Å²) < 4.78 is 0. The molecule has 2 N–H and O–H groups in total. The van der Waals surface area contributed by atoms with Crippen molar-refractivity contribution in [1.29, 1.82) is 0 Å². The van der Waals surface area contributed by atoms with Gasteiger partial charge in [0.05, 0.1) is 11.8 Å². The second kappa shape index (κ2) is 6.16. The SMILES string of the molecule is CNc1ccnc(CN2CCC(C(C)O)CC2)c1. The van der Waals surface area contributed by atoms with E-state index >= 15 is 0 Å². The van der Waals surface area contributed by atoms with Gasteiger partial charge in [0.15, 0.2) is 0 Å². The molecule has 1 saturated heterocycles. The smallest absolute Gasteiger partial charge is 0.0564 e. The molecule has 4 heteroatoms. The molecule has 1 aliphatic heterocycles. The van der Waals surface area contributed by atoms with E-state index in [0.717, 1.165) is 43.9 Å². The van der Waals surface area contributed by atoms with Gasteiger partial charge in [0.2, 0.25) is 0 Å². The minimum atomic E-state index is -0.169. The van der Waals surface area contributed by atoms with Crippen molar-refractivity contribution in [3.63, 3.8) is 0 Å². The van der Waals surface area contributed by atoms with Gasteiger partial charge in [0, 0.05) is 25.5 Å². The Bertz CT molecular complexity index is 373. The zero-order valence-electron chi connectivity index (χ0n) is 11.3. The van der Waals surface area contributed by atoms with E-state index in [1.165, 1.54) is 0 Å². The molecule has 2 heterocycles. The molecule has 0 aromatic carbocycles. The van der Waals surface area contributed by atoms with E-state index in [2.05, 4.69) is 21.3 Å². The number of aliphatic hydroxyl groups excluding tert-OH is 1. The molecule has 1 atom stereocenters. The van der Waals surface area contributed by atoms with Crippen LogP contribution < -0.4 is 5.32 Å². The lowest BCUT2D eigenvalue weighted by Gasteiger charge is -2.33. The Labute approximate surface area is 109 Å². The standard InChI is InChI=1S/C14H23N3O/c1-11(18)12-4-7-17(8-5-12)10-14-9-13(15-2)3-6-16-14/h3,6,9,11-12,18H,4-5,7-8,10H2,1-2H3,(H,15,16). The monoisotopic (exact) mass is 249 g/mol. The molecule has 100 valence electrons. The maximum atomic E-state index is 9.58. The number of hydrogen-bond acceptors (Lipinski definition) is 4. The third kappa shape index (κ3) is 3.43. The van der Waals surface area contributed by atoms with Gasteiger partial charge in [0.1, 0.15) is 0 Å². The lowest BCUT2D eigenvalue weighted by atomic mass is 9.92. The maximum absolute atomic E-state index is 9.58. The van der Waals surface area contributed by atoms with Crippen LogP contribution in [0.3, 0.4) is 0 Å². The number of piperidine rings is 1. The van der Waals surface area contributed by atoms with E-state index in [-0.39, 0.29) is 6.10 Å². The van der Waals surface area contributed by atoms with Gasteiger partial charge < -0.3 is 10.4 Å². The molecule has 1 aliphatic rings. The van der Waals surface area contributed by atoms with Crippen molar-refractivity contribution in [3.8, 4) is 0 Å². The lowest BCUT2D eigenvalue weighted by molar-refractivity contribution is 0.0691. The number of pyridine rings is 1. The van der Waals surface area contributed by atoms with Crippen molar-refractivity contribution in [2.24, 2.45) is 5.92 Å². The summed E-state index contributed by atoms with van der Waals surface area (Å²) in [5.41, 5.74) is 2.22. The third-order valence-electron chi connectivity index (χ3n) is 3.81. The van der Waals surface area contributed by atoms with Gasteiger partial charge >= 0.3 is 0 Å². The van der Waals surface area contributed by atoms with Gasteiger partial charge in [-0.2, -0.15) is 0 Å². The molecule has 1 aromatic rings. The zero-order valence-corrected chi connectivity index (χ0v) is 11.3. The fraction of sp³-hybridized carbons (Fsp3) is 0.643. The van der Waals surface area contributed by atoms with Crippen LogP contribution in [0.1, 0.15) is 25.5 Å². The first-order chi connectivity index (χ1) is 8.69. The van der Waals surface area contributed by atoms with Crippen LogP contribution in [-0.2, 0) is 6.54 Å². The second-order valence-corrected chi connectivity index (χ2v) is 5.14. The Morgan fingerprint density at radius 1 is 1.50 bits per heavy atom. The van der Waals surface area contributed by atoms with E-state index < -0.39 is 0 Å². The van der Waals surface area contributed by atoms with Gasteiger partial charge in [-0.15, -0.1) is 0 Å². The second-order valence-electron chi connectivity index (χ2n) is 5.14. The first kappa shape index (κ1) is 13.3. The largest absolute Gasteiger partial charge is 0.393 e. The van der Waals surface area contributed by atoms with Crippen molar-refractivity contribution in [2.75, 3.05) is 25.5 Å². The van der Waals surface area contributed by atoms with E-state index in [9.17, 15) is 5.11 Å². The van der Waals surface area contributed by atoms with Gasteiger partial charge in [-0.3, -0.25) is 9.88 Å². The first-order valence-corrected chi connectivity index (χ1v) is 6.72. The average Bonchev–Trinajstić information content (AvgIpc) is 2.39. The summed E-state index contributed by atoms with van der Waals surface area (Å²) in [6, 6.07) is 4.07. The summed E-state index contributed by atoms with van der Waals surface area (Å²) in [4.78, 5) is 6.82. The zero-order chi connectivity index (χ0) is 13.0. The molecule has 1 aromatic heterocycles. The molecule has 0 aliphatic carbocycles. The van der Waals surface area contributed by atoms with Crippen molar-refractivity contribution in [1.82, 2.24) is 9.88 Å². The van der Waals surface area contributed by atoms with E-state index in [1.54, 1.807) is 0 Å². The Morgan fingerprint density at radius 2 is 2.22 bits per heavy atom. The molecule has 0 radical (unpaired) electrons. The van der Waals surface area contributed by atoms with E-state index in [0.29, 0.717) is 5.92 Å². The topological polar surface area (TPSA) is 48.4 Å². The predicted molar refractivity (Wildman–Crippen MR) is 73.5 cm³/mol. The van der Waals surface area contributed by atoms with Crippen LogP contribution in [0.4, 0.5) is 5.69 Å². The van der Waals surface area contributed by atoms with Crippen molar-refractivity contribution in [2.45, 2.75) is 32.4 Å². The highest BCUT2D eigenvalue weighted by atomic mass is 16.3. The third-order valence-corrected chi connectivity index (χ3v) is 3.81. The molecule has 2 rings (SSSR count). The van der Waals surface area contributed by atoms with E-state index in [1.807, 2.05) is 26.2 Å². The number of hydrogen-bond donors (Lipinski definition) is 2. The van der Waals surface area contributed by atoms with Crippen LogP contribution in [0.2, 0.25) is 0 Å². The summed E-state index contributed by atoms with van der Waals surface area (Å²) in [6.07, 6.45) is 3.86. The van der Waals surface area contributed by atoms with Crippen molar-refractivity contribution in [3.05, 3.63) is 24.0 Å². The summed E-state index contributed by atoms with van der Waals surface area (Å²) >= 11 is 0. The minimum absolute atomic E-state index is 0.169. The molecular formula is C14H23N3O. The molecule has 18 heavy (non-hydrogen) atoms. The minimum Gasteiger partial charge on any atom is -0.393 e. The Morgan fingerprint density at radius 3 is 2.83 bits per heavy atom. The molecule has 0 bridgehead atoms. The molecular weight excluding hydrogens is 226 g/mol. The van der Waals surface area contributed by atoms with Crippen LogP contribution in [0.25, 0.3) is 0 Å². The molecule has 0 amide bonds. The summed E-state index contributed by atoms with van der Waals surface area (Å²) in [6.45, 7) is 4.92. The summed E-state index contributed by atoms with van der Waals surface area (Å²) in [7, 11) is 1.92. The van der Waals surface area contributed by atoms with Crippen LogP contribution in [0.15, 0.2) is 18.3 Å². The lowest BCUT2D eigenvalue weighted by Crippen LogP contribution is -2.36. The van der Waals surface area contributed by atoms with Gasteiger partial charge in [0.25, 0.3) is 0 Å². The Kier molecular flexibility index (Phi) is 4.55. The first-order valence-electron chi connectivity index (χ1n) is 6.72. The van der Waals surface area contributed by atoms with Crippen LogP contribution in [0.5, 0.6) is 0 Å². The number of aliphatic hydroxyl groups is 1. The Balaban J connectivity index is 1.87. The van der Waals surface area contributed by atoms with Crippen molar-refractivity contribution >= 4 is 5.69 Å². The van der Waals surface area contributed by atoms with Crippen LogP contribution in [0, 0.1) is 5.92 Å². The van der Waals surface area contributed by atoms with Crippen molar-refractivity contribution < 1.29 is 5.11 Å². The fourth-order valence-electron chi connectivity index (χ4n) is 2.54. The normalized spacial score (nSPS) is 19.7. The van der Waals surface area contributed by atoms with Gasteiger partial charge in [-0.05, 0) is 50.9 Å². The predicted octanol–water partition coefficient (Wildman–Crippen LogP) is 1.72. The number of nitrogens with one attached hydrogen (secondary N) is 1. The highest BCUT2D eigenvalue weighted by Gasteiger charge is 2.22. The summed E-state index contributed by atoms with van der Waals surface area (Å²) in [5.74, 6) is 0.470. The molecule has 1 fully saturated rings. The summed E-state index contributed by atoms with van der Waals surface area (Å²) in [5, 5.41) is 12.7. The van der Waals surface area contributed by atoms with Gasteiger partial charge in [-0.25, -0.2) is 0 Å². The van der Waals surface area contributed by atoms with Gasteiger partial charge in [-0.1, -0.05) is 0 Å². The average molecular weight is 249 g/mol. The molecule has 0 saturated carbocycles. The highest BCUT2D eigenvalue weighted by molar-refractivity contribution is 5.42. The quantitative estimate of drug-likeness (QED) is 0.853. The fourth-order valence-corrected chi connectivity index (χ4v) is 2.54. The Hall–Kier alpha value is -1.13. The highest BCUT2D eigenvalue weighted by Crippen LogP contribution is 2.21. The molecule has 0 spiro atoms.